The zero-order chi connectivity index (χ0) is 14.3. The molecular weight excluding hydrogens is 246 g/mol. The van der Waals surface area contributed by atoms with Gasteiger partial charge in [-0.1, -0.05) is 0 Å². The number of nitrogens with zero attached hydrogens (tertiary/aromatic N) is 1. The summed E-state index contributed by atoms with van der Waals surface area (Å²) in [5.41, 5.74) is 1.75. The molecule has 19 heavy (non-hydrogen) atoms. The highest BCUT2D eigenvalue weighted by Gasteiger charge is 2.10. The molecule has 0 radical (unpaired) electrons. The van der Waals surface area contributed by atoms with Gasteiger partial charge in [-0.2, -0.15) is 0 Å². The summed E-state index contributed by atoms with van der Waals surface area (Å²) in [4.78, 5) is 15.2. The van der Waals surface area contributed by atoms with Gasteiger partial charge in [0, 0.05) is 43.4 Å². The minimum atomic E-state index is -0.172. The van der Waals surface area contributed by atoms with Crippen molar-refractivity contribution in [2.75, 3.05) is 13.1 Å². The van der Waals surface area contributed by atoms with E-state index in [0.717, 1.165) is 0 Å². The molecule has 0 saturated heterocycles. The summed E-state index contributed by atoms with van der Waals surface area (Å²) < 4.78 is 0. The third-order valence-electron chi connectivity index (χ3n) is 2.81. The number of aryl methyl sites for hydroxylation is 1. The second-order valence-electron chi connectivity index (χ2n) is 4.23. The number of aliphatic hydroxyl groups excluding tert-OH is 1. The number of hydrogen-bond donors (Lipinski definition) is 4. The Kier molecular flexibility index (Phi) is 6.24. The van der Waals surface area contributed by atoms with Crippen molar-refractivity contribution in [1.29, 1.82) is 0 Å². The van der Waals surface area contributed by atoms with Crippen LogP contribution in [0.3, 0.4) is 0 Å². The van der Waals surface area contributed by atoms with Crippen molar-refractivity contribution in [2.24, 2.45) is 0 Å². The molecule has 0 aromatic carbocycles. The Labute approximate surface area is 112 Å². The predicted octanol–water partition coefficient (Wildman–Crippen LogP) is 0.204. The molecule has 1 amide bonds. The molecule has 0 fully saturated rings. The summed E-state index contributed by atoms with van der Waals surface area (Å²) >= 11 is 0. The first kappa shape index (κ1) is 15.4. The molecule has 1 aromatic heterocycles. The molecule has 0 saturated carbocycles. The number of rotatable bonds is 7. The van der Waals surface area contributed by atoms with Gasteiger partial charge in [-0.15, -0.1) is 0 Å². The van der Waals surface area contributed by atoms with E-state index < -0.39 is 0 Å². The lowest BCUT2D eigenvalue weighted by molar-refractivity contribution is -0.120. The largest absolute Gasteiger partial charge is 0.506 e. The van der Waals surface area contributed by atoms with Gasteiger partial charge in [-0.3, -0.25) is 9.78 Å². The number of amides is 1. The summed E-state index contributed by atoms with van der Waals surface area (Å²) in [7, 11) is 0. The third-order valence-corrected chi connectivity index (χ3v) is 2.81. The predicted molar refractivity (Wildman–Crippen MR) is 71.6 cm³/mol. The van der Waals surface area contributed by atoms with E-state index in [2.05, 4.69) is 15.6 Å². The molecule has 1 heterocycles. The van der Waals surface area contributed by atoms with Crippen LogP contribution in [-0.2, 0) is 17.9 Å². The number of carbonyl (C=O) groups excluding carboxylic acids is 1. The summed E-state index contributed by atoms with van der Waals surface area (Å²) in [5, 5.41) is 24.9. The zero-order valence-electron chi connectivity index (χ0n) is 11.4. The van der Waals surface area contributed by atoms with Crippen LogP contribution in [0, 0.1) is 6.92 Å². The quantitative estimate of drug-likeness (QED) is 0.530. The highest BCUT2D eigenvalue weighted by Crippen LogP contribution is 2.23. The normalized spacial score (nSPS) is 10.5. The Morgan fingerprint density at radius 3 is 2.84 bits per heavy atom. The molecule has 0 aliphatic heterocycles. The molecule has 0 atom stereocenters. The van der Waals surface area contributed by atoms with Gasteiger partial charge in [0.05, 0.1) is 12.3 Å². The topological polar surface area (TPSA) is 94.5 Å². The van der Waals surface area contributed by atoms with Gasteiger partial charge < -0.3 is 20.8 Å². The van der Waals surface area contributed by atoms with E-state index in [-0.39, 0.29) is 18.3 Å². The lowest BCUT2D eigenvalue weighted by Gasteiger charge is -2.12. The van der Waals surface area contributed by atoms with Crippen LogP contribution in [0.4, 0.5) is 0 Å². The van der Waals surface area contributed by atoms with Crippen molar-refractivity contribution in [3.05, 3.63) is 23.0 Å². The molecule has 0 spiro atoms. The summed E-state index contributed by atoms with van der Waals surface area (Å²) in [5.74, 6) is 0.0876. The van der Waals surface area contributed by atoms with Crippen molar-refractivity contribution in [3.8, 4) is 5.75 Å². The highest BCUT2D eigenvalue weighted by atomic mass is 16.3. The molecule has 1 rings (SSSR count). The lowest BCUT2D eigenvalue weighted by Crippen LogP contribution is -2.27. The smallest absolute Gasteiger partial charge is 0.221 e. The molecule has 1 aromatic rings. The van der Waals surface area contributed by atoms with Crippen molar-refractivity contribution >= 4 is 5.91 Å². The van der Waals surface area contributed by atoms with Crippen molar-refractivity contribution in [3.63, 3.8) is 0 Å². The first-order valence-corrected chi connectivity index (χ1v) is 6.34. The molecule has 6 nitrogen and oxygen atoms in total. The number of pyridine rings is 1. The standard InChI is InChI=1S/C13H21N3O3/c1-3-15-12(18)4-5-14-7-11-10(8-17)6-16-9(2)13(11)19/h6,14,17,19H,3-5,7-8H2,1-2H3,(H,15,18). The van der Waals surface area contributed by atoms with Crippen LogP contribution in [0.25, 0.3) is 0 Å². The third kappa shape index (κ3) is 4.50. The monoisotopic (exact) mass is 267 g/mol. The van der Waals surface area contributed by atoms with E-state index in [4.69, 9.17) is 0 Å². The molecule has 106 valence electrons. The second kappa shape index (κ2) is 7.70. The Balaban J connectivity index is 2.53. The maximum absolute atomic E-state index is 11.2. The molecule has 0 aliphatic carbocycles. The SMILES string of the molecule is CCNC(=O)CCNCc1c(CO)cnc(C)c1O. The number of hydrogen-bond acceptors (Lipinski definition) is 5. The summed E-state index contributed by atoms with van der Waals surface area (Å²) in [6, 6.07) is 0. The van der Waals surface area contributed by atoms with Crippen molar-refractivity contribution < 1.29 is 15.0 Å². The maximum atomic E-state index is 11.2. The minimum Gasteiger partial charge on any atom is -0.506 e. The van der Waals surface area contributed by atoms with E-state index in [0.29, 0.717) is 42.9 Å². The first-order chi connectivity index (χ1) is 9.10. The Bertz CT molecular complexity index is 435. The van der Waals surface area contributed by atoms with Gasteiger partial charge in [0.25, 0.3) is 0 Å². The van der Waals surface area contributed by atoms with Gasteiger partial charge in [0.15, 0.2) is 0 Å². The van der Waals surface area contributed by atoms with E-state index >= 15 is 0 Å². The van der Waals surface area contributed by atoms with E-state index in [1.165, 1.54) is 0 Å². The number of carbonyl (C=O) groups is 1. The maximum Gasteiger partial charge on any atom is 0.221 e. The fraction of sp³-hybridized carbons (Fsp3) is 0.538. The van der Waals surface area contributed by atoms with Crippen LogP contribution < -0.4 is 10.6 Å². The first-order valence-electron chi connectivity index (χ1n) is 6.34. The Hall–Kier alpha value is -1.66. The number of aliphatic hydroxyl groups is 1. The lowest BCUT2D eigenvalue weighted by atomic mass is 10.1. The van der Waals surface area contributed by atoms with Gasteiger partial charge in [0.1, 0.15) is 5.75 Å². The molecule has 6 heteroatoms. The number of aromatic nitrogens is 1. The summed E-state index contributed by atoms with van der Waals surface area (Å²) in [6.07, 6.45) is 1.93. The fourth-order valence-corrected chi connectivity index (χ4v) is 1.72. The van der Waals surface area contributed by atoms with Gasteiger partial charge in [-0.05, 0) is 13.8 Å². The molecular formula is C13H21N3O3. The van der Waals surface area contributed by atoms with Crippen LogP contribution in [0.1, 0.15) is 30.2 Å². The molecule has 4 N–H and O–H groups in total. The molecule has 0 aliphatic rings. The van der Waals surface area contributed by atoms with Crippen molar-refractivity contribution in [2.45, 2.75) is 33.4 Å². The van der Waals surface area contributed by atoms with Gasteiger partial charge in [-0.25, -0.2) is 0 Å². The highest BCUT2D eigenvalue weighted by molar-refractivity contribution is 5.75. The average molecular weight is 267 g/mol. The van der Waals surface area contributed by atoms with Crippen LogP contribution in [0.2, 0.25) is 0 Å². The average Bonchev–Trinajstić information content (AvgIpc) is 2.39. The van der Waals surface area contributed by atoms with E-state index in [9.17, 15) is 15.0 Å². The Morgan fingerprint density at radius 2 is 2.21 bits per heavy atom. The molecule has 0 bridgehead atoms. The van der Waals surface area contributed by atoms with Crippen LogP contribution in [0.5, 0.6) is 5.75 Å². The Morgan fingerprint density at radius 1 is 1.47 bits per heavy atom. The van der Waals surface area contributed by atoms with Gasteiger partial charge >= 0.3 is 0 Å². The van der Waals surface area contributed by atoms with Crippen LogP contribution in [-0.4, -0.2) is 34.2 Å². The molecule has 0 unspecified atom stereocenters. The van der Waals surface area contributed by atoms with Crippen LogP contribution in [0.15, 0.2) is 6.20 Å². The van der Waals surface area contributed by atoms with Crippen LogP contribution >= 0.6 is 0 Å². The zero-order valence-corrected chi connectivity index (χ0v) is 11.4. The second-order valence-corrected chi connectivity index (χ2v) is 4.23. The number of aromatic hydroxyl groups is 1. The van der Waals surface area contributed by atoms with Crippen molar-refractivity contribution in [1.82, 2.24) is 15.6 Å². The number of nitrogens with one attached hydrogen (secondary N) is 2. The van der Waals surface area contributed by atoms with Gasteiger partial charge in [0.2, 0.25) is 5.91 Å². The van der Waals surface area contributed by atoms with E-state index in [1.54, 1.807) is 13.1 Å². The minimum absolute atomic E-state index is 0.00693. The van der Waals surface area contributed by atoms with E-state index in [1.807, 2.05) is 6.92 Å². The summed E-state index contributed by atoms with van der Waals surface area (Å²) in [6.45, 7) is 4.93. The fourth-order valence-electron chi connectivity index (χ4n) is 1.72.